The number of alkyl halides is 2. The maximum absolute atomic E-state index is 12.9. The third kappa shape index (κ3) is 2.66. The van der Waals surface area contributed by atoms with Crippen molar-refractivity contribution in [3.05, 3.63) is 29.2 Å². The molecular weight excluding hydrogens is 288 g/mol. The topological polar surface area (TPSA) is 47.0 Å². The third-order valence-electron chi connectivity index (χ3n) is 3.19. The van der Waals surface area contributed by atoms with Gasteiger partial charge in [0.25, 0.3) is 6.43 Å². The number of pyridine rings is 2. The van der Waals surface area contributed by atoms with Crippen molar-refractivity contribution >= 4 is 28.2 Å². The van der Waals surface area contributed by atoms with E-state index in [2.05, 4.69) is 15.3 Å². The van der Waals surface area contributed by atoms with Crippen molar-refractivity contribution in [1.29, 1.82) is 0 Å². The Labute approximate surface area is 119 Å². The fourth-order valence-corrected chi connectivity index (χ4v) is 2.36. The molecule has 3 heterocycles. The summed E-state index contributed by atoms with van der Waals surface area (Å²) in [6, 6.07) is 3.03. The normalized spacial score (nSPS) is 18.9. The van der Waals surface area contributed by atoms with Crippen molar-refractivity contribution in [2.75, 3.05) is 18.5 Å². The summed E-state index contributed by atoms with van der Waals surface area (Å²) in [5.41, 5.74) is -0.275. The van der Waals surface area contributed by atoms with Crippen molar-refractivity contribution in [3.63, 3.8) is 0 Å². The number of hydrogen-bond donors (Lipinski definition) is 1. The molecule has 0 spiro atoms. The van der Waals surface area contributed by atoms with Crippen LogP contribution < -0.4 is 5.32 Å². The summed E-state index contributed by atoms with van der Waals surface area (Å²) in [6.45, 7) is 1.20. The van der Waals surface area contributed by atoms with Gasteiger partial charge in [0.05, 0.1) is 12.6 Å². The van der Waals surface area contributed by atoms with E-state index in [1.54, 1.807) is 6.07 Å². The fourth-order valence-electron chi connectivity index (χ4n) is 2.20. The largest absolute Gasteiger partial charge is 0.379 e. The number of fused-ring (bicyclic) bond motifs is 1. The molecule has 0 amide bonds. The molecule has 0 aliphatic carbocycles. The minimum absolute atomic E-state index is 0.0746. The summed E-state index contributed by atoms with van der Waals surface area (Å²) < 4.78 is 31.1. The molecule has 7 heteroatoms. The molecule has 1 N–H and O–H groups in total. The van der Waals surface area contributed by atoms with E-state index >= 15 is 0 Å². The van der Waals surface area contributed by atoms with Crippen molar-refractivity contribution in [3.8, 4) is 0 Å². The molecule has 1 aliphatic rings. The van der Waals surface area contributed by atoms with Crippen LogP contribution in [0, 0.1) is 0 Å². The summed E-state index contributed by atoms with van der Waals surface area (Å²) in [6.07, 6.45) is -0.335. The van der Waals surface area contributed by atoms with Gasteiger partial charge >= 0.3 is 0 Å². The Kier molecular flexibility index (Phi) is 3.67. The van der Waals surface area contributed by atoms with Crippen molar-refractivity contribution in [2.24, 2.45) is 0 Å². The number of anilines is 1. The Morgan fingerprint density at radius 2 is 2.25 bits per heavy atom. The molecule has 1 saturated heterocycles. The van der Waals surface area contributed by atoms with E-state index in [-0.39, 0.29) is 11.7 Å². The molecule has 1 aliphatic heterocycles. The van der Waals surface area contributed by atoms with Crippen LogP contribution in [0.25, 0.3) is 10.8 Å². The van der Waals surface area contributed by atoms with E-state index in [4.69, 9.17) is 16.3 Å². The average Bonchev–Trinajstić information content (AvgIpc) is 2.92. The van der Waals surface area contributed by atoms with Crippen LogP contribution >= 0.6 is 11.6 Å². The van der Waals surface area contributed by atoms with Crippen LogP contribution in [0.1, 0.15) is 18.5 Å². The summed E-state index contributed by atoms with van der Waals surface area (Å²) in [4.78, 5) is 7.92. The zero-order chi connectivity index (χ0) is 14.1. The first-order valence-corrected chi connectivity index (χ1v) is 6.60. The second-order valence-electron chi connectivity index (χ2n) is 4.63. The highest BCUT2D eigenvalue weighted by Crippen LogP contribution is 2.29. The highest BCUT2D eigenvalue weighted by molar-refractivity contribution is 6.30. The summed E-state index contributed by atoms with van der Waals surface area (Å²) in [7, 11) is 0. The van der Waals surface area contributed by atoms with Gasteiger partial charge in [-0.3, -0.25) is 0 Å². The number of rotatable bonds is 3. The van der Waals surface area contributed by atoms with Gasteiger partial charge in [0.1, 0.15) is 16.7 Å². The van der Waals surface area contributed by atoms with Crippen LogP contribution in [0.15, 0.2) is 18.3 Å². The second-order valence-corrected chi connectivity index (χ2v) is 5.02. The molecule has 0 unspecified atom stereocenters. The number of hydrogen-bond acceptors (Lipinski definition) is 4. The van der Waals surface area contributed by atoms with Crippen LogP contribution in [0.4, 0.5) is 14.6 Å². The first-order chi connectivity index (χ1) is 9.63. The molecule has 2 aromatic heterocycles. The molecule has 1 atom stereocenters. The standard InChI is InChI=1S/C13H12ClF2N3O/c14-11-4-9-7(5-17-11)3-10(12(15)16)19-13(9)18-8-1-2-20-6-8/h3-5,8,12H,1-2,6H2,(H,18,19)/t8-/m1/s1. The quantitative estimate of drug-likeness (QED) is 0.882. The zero-order valence-electron chi connectivity index (χ0n) is 10.4. The van der Waals surface area contributed by atoms with E-state index < -0.39 is 6.43 Å². The molecule has 2 aromatic rings. The maximum atomic E-state index is 12.9. The summed E-state index contributed by atoms with van der Waals surface area (Å²) in [5, 5.41) is 4.72. The molecule has 106 valence electrons. The van der Waals surface area contributed by atoms with Crippen LogP contribution in [0.2, 0.25) is 5.15 Å². The molecule has 0 saturated carbocycles. The molecule has 0 bridgehead atoms. The number of nitrogens with one attached hydrogen (secondary N) is 1. The number of halogens is 3. The van der Waals surface area contributed by atoms with Crippen LogP contribution in [0.5, 0.6) is 0 Å². The van der Waals surface area contributed by atoms with E-state index in [9.17, 15) is 8.78 Å². The minimum atomic E-state index is -2.63. The first-order valence-electron chi connectivity index (χ1n) is 6.22. The van der Waals surface area contributed by atoms with Gasteiger partial charge in [-0.05, 0) is 18.6 Å². The highest BCUT2D eigenvalue weighted by Gasteiger charge is 2.19. The van der Waals surface area contributed by atoms with Crippen LogP contribution in [-0.4, -0.2) is 29.2 Å². The van der Waals surface area contributed by atoms with Crippen molar-refractivity contribution in [2.45, 2.75) is 18.9 Å². The van der Waals surface area contributed by atoms with E-state index in [1.807, 2.05) is 0 Å². The SMILES string of the molecule is FC(F)c1cc2cnc(Cl)cc2c(N[C@@H]2CCOC2)n1. The van der Waals surface area contributed by atoms with Crippen molar-refractivity contribution in [1.82, 2.24) is 9.97 Å². The Hall–Kier alpha value is -1.53. The molecule has 4 nitrogen and oxygen atoms in total. The Balaban J connectivity index is 2.07. The Morgan fingerprint density at radius 3 is 2.95 bits per heavy atom. The Morgan fingerprint density at radius 1 is 1.40 bits per heavy atom. The average molecular weight is 300 g/mol. The van der Waals surface area contributed by atoms with Gasteiger partial charge in [-0.25, -0.2) is 18.7 Å². The van der Waals surface area contributed by atoms with Crippen LogP contribution in [0.3, 0.4) is 0 Å². The van der Waals surface area contributed by atoms with Gasteiger partial charge in [-0.2, -0.15) is 0 Å². The predicted molar refractivity (Wildman–Crippen MR) is 72.4 cm³/mol. The van der Waals surface area contributed by atoms with Gasteiger partial charge in [0, 0.05) is 23.6 Å². The van der Waals surface area contributed by atoms with Gasteiger partial charge in [0.2, 0.25) is 0 Å². The minimum Gasteiger partial charge on any atom is -0.379 e. The second kappa shape index (κ2) is 5.46. The third-order valence-corrected chi connectivity index (χ3v) is 3.40. The van der Waals surface area contributed by atoms with Gasteiger partial charge in [0.15, 0.2) is 0 Å². The summed E-state index contributed by atoms with van der Waals surface area (Å²) >= 11 is 5.87. The number of ether oxygens (including phenoxy) is 1. The molecule has 0 aromatic carbocycles. The van der Waals surface area contributed by atoms with Gasteiger partial charge < -0.3 is 10.1 Å². The van der Waals surface area contributed by atoms with E-state index in [0.29, 0.717) is 35.0 Å². The smallest absolute Gasteiger partial charge is 0.280 e. The maximum Gasteiger partial charge on any atom is 0.280 e. The molecule has 1 fully saturated rings. The molecule has 0 radical (unpaired) electrons. The Bertz CT molecular complexity index is 632. The van der Waals surface area contributed by atoms with E-state index in [0.717, 1.165) is 6.42 Å². The highest BCUT2D eigenvalue weighted by atomic mass is 35.5. The monoisotopic (exact) mass is 299 g/mol. The zero-order valence-corrected chi connectivity index (χ0v) is 11.2. The molecule has 3 rings (SSSR count). The fraction of sp³-hybridized carbons (Fsp3) is 0.385. The van der Waals surface area contributed by atoms with E-state index in [1.165, 1.54) is 12.3 Å². The number of aromatic nitrogens is 2. The molecule has 20 heavy (non-hydrogen) atoms. The van der Waals surface area contributed by atoms with Gasteiger partial charge in [-0.15, -0.1) is 0 Å². The van der Waals surface area contributed by atoms with Crippen LogP contribution in [-0.2, 0) is 4.74 Å². The predicted octanol–water partition coefficient (Wildman–Crippen LogP) is 3.42. The lowest BCUT2D eigenvalue weighted by Gasteiger charge is -2.15. The van der Waals surface area contributed by atoms with Gasteiger partial charge in [-0.1, -0.05) is 11.6 Å². The lowest BCUT2D eigenvalue weighted by molar-refractivity contribution is 0.146. The molecular formula is C13H12ClF2N3O. The number of nitrogens with zero attached hydrogens (tertiary/aromatic N) is 2. The lowest BCUT2D eigenvalue weighted by atomic mass is 10.1. The first kappa shape index (κ1) is 13.5. The lowest BCUT2D eigenvalue weighted by Crippen LogP contribution is -2.20. The van der Waals surface area contributed by atoms with Crippen molar-refractivity contribution < 1.29 is 13.5 Å². The summed E-state index contributed by atoms with van der Waals surface area (Å²) in [5.74, 6) is 0.401.